The monoisotopic (exact) mass is 1070 g/mol. The van der Waals surface area contributed by atoms with Crippen molar-refractivity contribution in [3.8, 4) is 0 Å². The summed E-state index contributed by atoms with van der Waals surface area (Å²) >= 11 is 0. The van der Waals surface area contributed by atoms with E-state index >= 15 is 0 Å². The van der Waals surface area contributed by atoms with Gasteiger partial charge in [0.1, 0.15) is 12.6 Å². The maximum Gasteiger partial charge on any atom is 0.411 e. The topological polar surface area (TPSA) is 200 Å². The summed E-state index contributed by atoms with van der Waals surface area (Å²) in [6.45, 7) is 11.9. The number of carbonyl (C=O) groups excluding carboxylic acids is 4. The van der Waals surface area contributed by atoms with Crippen LogP contribution in [0.1, 0.15) is 182 Å². The number of nitrogens with one attached hydrogen (secondary N) is 4. The van der Waals surface area contributed by atoms with Crippen molar-refractivity contribution in [1.29, 1.82) is 0 Å². The Hall–Kier alpha value is -7.28. The quantitative estimate of drug-likeness (QED) is 0.0280. The Morgan fingerprint density at radius 2 is 0.936 bits per heavy atom. The molecule has 0 spiro atoms. The van der Waals surface area contributed by atoms with E-state index < -0.39 is 24.1 Å². The van der Waals surface area contributed by atoms with Crippen LogP contribution in [0.25, 0.3) is 0 Å². The highest BCUT2D eigenvalue weighted by molar-refractivity contribution is 5.99. The van der Waals surface area contributed by atoms with Crippen LogP contribution >= 0.6 is 0 Å². The van der Waals surface area contributed by atoms with Crippen molar-refractivity contribution < 1.29 is 43.7 Å². The largest absolute Gasteiger partial charge is 0.478 e. The number of carboxylic acid groups (broad SMARTS) is 2. The van der Waals surface area contributed by atoms with Crippen LogP contribution in [0, 0.1) is 19.8 Å². The second-order valence-corrected chi connectivity index (χ2v) is 19.1. The molecule has 0 bridgehead atoms. The van der Waals surface area contributed by atoms with Gasteiger partial charge in [-0.15, -0.1) is 0 Å². The van der Waals surface area contributed by atoms with Gasteiger partial charge in [-0.1, -0.05) is 168 Å². The maximum absolute atomic E-state index is 12.9. The Balaban J connectivity index is 0.000000789. The molecule has 0 aliphatic rings. The van der Waals surface area contributed by atoms with Crippen LogP contribution in [0.3, 0.4) is 0 Å². The number of hydrogen-bond donors (Lipinski definition) is 6. The summed E-state index contributed by atoms with van der Waals surface area (Å²) in [5.74, 6) is -2.52. The van der Waals surface area contributed by atoms with Crippen LogP contribution in [-0.4, -0.2) is 65.2 Å². The third-order valence-corrected chi connectivity index (χ3v) is 11.7. The highest BCUT2D eigenvalue weighted by atomic mass is 16.5. The molecule has 0 aliphatic heterocycles. The van der Waals surface area contributed by atoms with E-state index in [0.717, 1.165) is 83.5 Å². The number of carbonyl (C=O) groups is 6. The fourth-order valence-electron chi connectivity index (χ4n) is 7.39. The van der Waals surface area contributed by atoms with Crippen molar-refractivity contribution >= 4 is 47.1 Å². The molecule has 426 valence electrons. The van der Waals surface area contributed by atoms with Crippen LogP contribution in [0.2, 0.25) is 0 Å². The normalized spacial score (nSPS) is 12.3. The summed E-state index contributed by atoms with van der Waals surface area (Å²) in [4.78, 5) is 71.7. The number of aryl methyl sites for hydroxylation is 2. The molecule has 0 saturated heterocycles. The summed E-state index contributed by atoms with van der Waals surface area (Å²) in [6.07, 6.45) is 55.3. The Morgan fingerprint density at radius 1 is 0.513 bits per heavy atom. The van der Waals surface area contributed by atoms with E-state index in [1.54, 1.807) is 38.1 Å². The second-order valence-electron chi connectivity index (χ2n) is 19.1. The molecule has 13 heteroatoms. The van der Waals surface area contributed by atoms with Crippen LogP contribution in [0.4, 0.5) is 16.2 Å². The number of carboxylic acids is 2. The average Bonchev–Trinajstić information content (AvgIpc) is 3.41. The van der Waals surface area contributed by atoms with Gasteiger partial charge in [0.2, 0.25) is 17.7 Å². The van der Waals surface area contributed by atoms with E-state index in [4.69, 9.17) is 9.84 Å². The summed E-state index contributed by atoms with van der Waals surface area (Å²) in [7, 11) is 0. The van der Waals surface area contributed by atoms with Gasteiger partial charge in [-0.25, -0.2) is 14.4 Å². The molecule has 0 aromatic heterocycles. The first kappa shape index (κ1) is 68.7. The molecule has 2 rings (SSSR count). The van der Waals surface area contributed by atoms with E-state index in [1.165, 1.54) is 25.0 Å². The summed E-state index contributed by atoms with van der Waals surface area (Å²) in [6, 6.07) is 8.66. The zero-order valence-electron chi connectivity index (χ0n) is 47.6. The fourth-order valence-corrected chi connectivity index (χ4v) is 7.39. The number of ether oxygens (including phenoxy) is 1. The molecular formula is C65H92N4O9. The van der Waals surface area contributed by atoms with Gasteiger partial charge in [-0.3, -0.25) is 19.7 Å². The minimum absolute atomic E-state index is 0.0361. The predicted molar refractivity (Wildman–Crippen MR) is 321 cm³/mol. The van der Waals surface area contributed by atoms with Gasteiger partial charge in [0.15, 0.2) is 0 Å². The third-order valence-electron chi connectivity index (χ3n) is 11.7. The number of rotatable bonds is 38. The van der Waals surface area contributed by atoms with Crippen molar-refractivity contribution in [3.05, 3.63) is 168 Å². The predicted octanol–water partition coefficient (Wildman–Crippen LogP) is 15.6. The number of unbranched alkanes of at least 4 members (excludes halogenated alkanes) is 5. The number of amides is 4. The van der Waals surface area contributed by atoms with Crippen molar-refractivity contribution in [1.82, 2.24) is 10.6 Å². The Morgan fingerprint density at radius 3 is 1.40 bits per heavy atom. The molecule has 6 N–H and O–H groups in total. The minimum atomic E-state index is -1.06. The minimum Gasteiger partial charge on any atom is -0.478 e. The van der Waals surface area contributed by atoms with Crippen molar-refractivity contribution in [2.75, 3.05) is 23.8 Å². The van der Waals surface area contributed by atoms with Crippen LogP contribution in [0.15, 0.2) is 146 Å². The average molecular weight is 1070 g/mol. The molecule has 2 aromatic rings. The number of benzene rings is 2. The lowest BCUT2D eigenvalue weighted by Gasteiger charge is -2.20. The first-order chi connectivity index (χ1) is 37.7. The van der Waals surface area contributed by atoms with Gasteiger partial charge in [0.05, 0.1) is 17.7 Å². The Labute approximate surface area is 467 Å². The van der Waals surface area contributed by atoms with Crippen molar-refractivity contribution in [2.24, 2.45) is 5.92 Å². The first-order valence-corrected chi connectivity index (χ1v) is 28.0. The van der Waals surface area contributed by atoms with Crippen LogP contribution < -0.4 is 21.3 Å². The molecule has 0 fully saturated rings. The first-order valence-electron chi connectivity index (χ1n) is 28.0. The van der Waals surface area contributed by atoms with Crippen molar-refractivity contribution in [3.63, 3.8) is 0 Å². The zero-order valence-corrected chi connectivity index (χ0v) is 47.6. The van der Waals surface area contributed by atoms with Crippen LogP contribution in [-0.2, 0) is 19.1 Å². The lowest BCUT2D eigenvalue weighted by atomic mass is 10.0. The number of hydrogen-bond acceptors (Lipinski definition) is 7. The molecule has 1 atom stereocenters. The maximum atomic E-state index is 12.9. The second kappa shape index (κ2) is 45.9. The highest BCUT2D eigenvalue weighted by Gasteiger charge is 2.22. The molecular weight excluding hydrogens is 981 g/mol. The van der Waals surface area contributed by atoms with Gasteiger partial charge in [0, 0.05) is 24.2 Å². The van der Waals surface area contributed by atoms with E-state index in [0.29, 0.717) is 41.8 Å². The van der Waals surface area contributed by atoms with E-state index in [9.17, 15) is 33.9 Å². The van der Waals surface area contributed by atoms with Gasteiger partial charge in [-0.2, -0.15) is 0 Å². The summed E-state index contributed by atoms with van der Waals surface area (Å²) in [5, 5.41) is 29.3. The molecule has 2 aromatic carbocycles. The van der Waals surface area contributed by atoms with E-state index in [1.807, 2.05) is 26.0 Å². The molecule has 1 unspecified atom stereocenters. The highest BCUT2D eigenvalue weighted by Crippen LogP contribution is 2.18. The van der Waals surface area contributed by atoms with E-state index in [2.05, 4.69) is 132 Å². The third kappa shape index (κ3) is 37.5. The van der Waals surface area contributed by atoms with Gasteiger partial charge >= 0.3 is 18.0 Å². The standard InChI is InChI=1S/C36H50N2O4.C29H42N2O5/c1-5-6-7-8-9-10-11-12-13-14-15-16-17-18-19-20-21-22-23-24-34(39)38-33(27-29(2)3)35(40)37-31-26-25-30(4)32(28-31)36(41)42;1-3-4-5-6-7-8-9-10-11-12-13-14-15-16-17-18-27(32)30-21-22-36-29(35)31-25-20-19-24(2)26(23-25)28(33)34/h6-7,9-10,12-13,15-16,18-19,21-22,25-26,28-29,33H,5,8,11,14,17,20,23-24,27H2,1-4H3,(H,37,40)(H,38,39)(H,41,42);4-5,7-8,10-11,19-20,23H,3,6,9,12-18,21-22H2,1-2H3,(H,30,32)(H,31,35)(H,33,34)/b7-6-,10-9-,13-12-,16-15-,19-18-,22-21-;5-4-,8-7-,11-10-. The number of anilines is 2. The molecule has 13 nitrogen and oxygen atoms in total. The Kier molecular flexibility index (Phi) is 40.4. The number of allylic oxidation sites excluding steroid dienone is 18. The van der Waals surface area contributed by atoms with E-state index in [-0.39, 0.29) is 54.3 Å². The van der Waals surface area contributed by atoms with Gasteiger partial charge in [0.25, 0.3) is 0 Å². The number of aromatic carboxylic acids is 2. The Bertz CT molecular complexity index is 2350. The zero-order chi connectivity index (χ0) is 57.4. The molecule has 0 heterocycles. The summed E-state index contributed by atoms with van der Waals surface area (Å²) in [5.41, 5.74) is 2.20. The molecule has 0 saturated carbocycles. The van der Waals surface area contributed by atoms with Crippen molar-refractivity contribution in [2.45, 2.75) is 170 Å². The molecule has 4 amide bonds. The lowest BCUT2D eigenvalue weighted by molar-refractivity contribution is -0.126. The summed E-state index contributed by atoms with van der Waals surface area (Å²) < 4.78 is 5.03. The molecule has 78 heavy (non-hydrogen) atoms. The van der Waals surface area contributed by atoms with Crippen LogP contribution in [0.5, 0.6) is 0 Å². The van der Waals surface area contributed by atoms with Gasteiger partial charge in [-0.05, 0) is 145 Å². The smallest absolute Gasteiger partial charge is 0.411 e. The molecule has 0 aliphatic carbocycles. The molecule has 0 radical (unpaired) electrons. The fraction of sp³-hybridized carbons (Fsp3) is 0.446. The lowest BCUT2D eigenvalue weighted by Crippen LogP contribution is -2.44. The SMILES string of the molecule is CC/C=C\C/C=C\C/C=C\C/C=C\C/C=C\C/C=C\CCC(=O)NC(CC(C)C)C(=O)Nc1ccc(C)c(C(=O)O)c1.CC/C=C\C/C=C\C/C=C\CCCCCCCC(=O)NCCOC(=O)Nc1ccc(C)c(C(=O)O)c1. The van der Waals surface area contributed by atoms with Gasteiger partial charge < -0.3 is 30.9 Å².